The number of hydrogen-bond donors (Lipinski definition) is 0. The minimum atomic E-state index is 0.228. The number of thioether (sulfide) groups is 1. The number of Topliss-reactive ketones (excluding diaryl/α,β-unsaturated/α-hetero) is 1. The van der Waals surface area contributed by atoms with Crippen molar-refractivity contribution in [3.63, 3.8) is 0 Å². The molecule has 6 heteroatoms. The van der Waals surface area contributed by atoms with Gasteiger partial charge in [-0.15, -0.1) is 21.5 Å². The third-order valence-corrected chi connectivity index (χ3v) is 4.80. The Kier molecular flexibility index (Phi) is 4.13. The molecule has 20 heavy (non-hydrogen) atoms. The Hall–Kier alpha value is -1.66. The second-order valence-corrected chi connectivity index (χ2v) is 6.27. The second kappa shape index (κ2) is 6.19. The quantitative estimate of drug-likeness (QED) is 0.397. The molecule has 0 saturated heterocycles. The van der Waals surface area contributed by atoms with E-state index in [1.165, 1.54) is 11.3 Å². The highest BCUT2D eigenvalue weighted by Crippen LogP contribution is 2.19. The van der Waals surface area contributed by atoms with Crippen LogP contribution in [0.15, 0.2) is 47.1 Å². The maximum Gasteiger partial charge on any atom is 0.195 e. The van der Waals surface area contributed by atoms with Gasteiger partial charge in [0.05, 0.1) is 4.88 Å². The second-order valence-electron chi connectivity index (χ2n) is 4.26. The van der Waals surface area contributed by atoms with Gasteiger partial charge >= 0.3 is 0 Å². The summed E-state index contributed by atoms with van der Waals surface area (Å²) >= 11 is 3.14. The number of nitrogens with zero attached hydrogens (tertiary/aromatic N) is 3. The SMILES string of the molecule is O=C(CCCSc1nnc2ccccn12)c1cccs1. The molecule has 0 aliphatic rings. The Morgan fingerprint density at radius 2 is 2.20 bits per heavy atom. The number of aromatic nitrogens is 3. The van der Waals surface area contributed by atoms with E-state index in [0.29, 0.717) is 6.42 Å². The summed E-state index contributed by atoms with van der Waals surface area (Å²) in [5, 5.41) is 11.1. The lowest BCUT2D eigenvalue weighted by Gasteiger charge is -1.99. The van der Waals surface area contributed by atoms with E-state index >= 15 is 0 Å². The van der Waals surface area contributed by atoms with Crippen molar-refractivity contribution in [1.29, 1.82) is 0 Å². The highest BCUT2D eigenvalue weighted by molar-refractivity contribution is 7.99. The fourth-order valence-corrected chi connectivity index (χ4v) is 3.43. The molecule has 3 heterocycles. The van der Waals surface area contributed by atoms with Crippen LogP contribution < -0.4 is 0 Å². The smallest absolute Gasteiger partial charge is 0.195 e. The molecule has 102 valence electrons. The van der Waals surface area contributed by atoms with Crippen LogP contribution in [0.25, 0.3) is 5.65 Å². The van der Waals surface area contributed by atoms with Crippen molar-refractivity contribution in [1.82, 2.24) is 14.6 Å². The largest absolute Gasteiger partial charge is 0.293 e. The number of thiophene rings is 1. The topological polar surface area (TPSA) is 47.3 Å². The molecule has 4 nitrogen and oxygen atoms in total. The molecule has 0 saturated carbocycles. The molecule has 3 rings (SSSR count). The van der Waals surface area contributed by atoms with Crippen molar-refractivity contribution in [3.8, 4) is 0 Å². The van der Waals surface area contributed by atoms with Crippen molar-refractivity contribution < 1.29 is 4.79 Å². The van der Waals surface area contributed by atoms with Gasteiger partial charge in [0.2, 0.25) is 0 Å². The van der Waals surface area contributed by atoms with Crippen LogP contribution in [-0.2, 0) is 0 Å². The van der Waals surface area contributed by atoms with Crippen LogP contribution >= 0.6 is 23.1 Å². The van der Waals surface area contributed by atoms with E-state index in [1.807, 2.05) is 46.3 Å². The van der Waals surface area contributed by atoms with Crippen molar-refractivity contribution in [2.75, 3.05) is 5.75 Å². The number of carbonyl (C=O) groups is 1. The summed E-state index contributed by atoms with van der Waals surface area (Å²) in [7, 11) is 0. The Bertz CT molecular complexity index is 706. The van der Waals surface area contributed by atoms with E-state index in [-0.39, 0.29) is 5.78 Å². The molecule has 0 amide bonds. The lowest BCUT2D eigenvalue weighted by Crippen LogP contribution is -1.97. The molecule has 0 unspecified atom stereocenters. The molecule has 0 N–H and O–H groups in total. The van der Waals surface area contributed by atoms with E-state index in [2.05, 4.69) is 10.2 Å². The van der Waals surface area contributed by atoms with Crippen LogP contribution in [0.1, 0.15) is 22.5 Å². The van der Waals surface area contributed by atoms with E-state index in [0.717, 1.165) is 27.9 Å². The Balaban J connectivity index is 1.52. The standard InChI is InChI=1S/C14H13N3OS2/c18-11(12-6-4-9-19-12)5-3-10-20-14-16-15-13-7-1-2-8-17(13)14/h1-2,4,6-9H,3,5,10H2. The average molecular weight is 303 g/mol. The number of ketones is 1. The highest BCUT2D eigenvalue weighted by Gasteiger charge is 2.08. The van der Waals surface area contributed by atoms with Gasteiger partial charge in [-0.1, -0.05) is 23.9 Å². The molecule has 0 radical (unpaired) electrons. The number of pyridine rings is 1. The first-order valence-electron chi connectivity index (χ1n) is 6.34. The molecule has 3 aromatic heterocycles. The first-order chi connectivity index (χ1) is 9.84. The van der Waals surface area contributed by atoms with Gasteiger partial charge in [0.1, 0.15) is 0 Å². The molecule has 0 fully saturated rings. The van der Waals surface area contributed by atoms with Crippen LogP contribution in [0.3, 0.4) is 0 Å². The van der Waals surface area contributed by atoms with Gasteiger partial charge in [0, 0.05) is 18.4 Å². The van der Waals surface area contributed by atoms with Crippen LogP contribution in [0.2, 0.25) is 0 Å². The summed E-state index contributed by atoms with van der Waals surface area (Å²) in [6.45, 7) is 0. The van der Waals surface area contributed by atoms with Gasteiger partial charge in [0.25, 0.3) is 0 Å². The Morgan fingerprint density at radius 3 is 3.05 bits per heavy atom. The molecule has 0 aliphatic carbocycles. The minimum Gasteiger partial charge on any atom is -0.293 e. The highest BCUT2D eigenvalue weighted by atomic mass is 32.2. The van der Waals surface area contributed by atoms with E-state index < -0.39 is 0 Å². The van der Waals surface area contributed by atoms with Crippen molar-refractivity contribution in [2.45, 2.75) is 18.0 Å². The number of carbonyl (C=O) groups excluding carboxylic acids is 1. The summed E-state index contributed by atoms with van der Waals surface area (Å²) in [6.07, 6.45) is 3.39. The van der Waals surface area contributed by atoms with Gasteiger partial charge in [-0.05, 0) is 30.0 Å². The van der Waals surface area contributed by atoms with Gasteiger partial charge < -0.3 is 0 Å². The number of rotatable bonds is 6. The molecule has 0 bridgehead atoms. The summed E-state index contributed by atoms with van der Waals surface area (Å²) in [6, 6.07) is 9.62. The van der Waals surface area contributed by atoms with Gasteiger partial charge in [-0.2, -0.15) is 0 Å². The maximum absolute atomic E-state index is 11.8. The third kappa shape index (κ3) is 2.91. The van der Waals surface area contributed by atoms with Crippen LogP contribution in [0.5, 0.6) is 0 Å². The zero-order chi connectivity index (χ0) is 13.8. The molecule has 0 spiro atoms. The van der Waals surface area contributed by atoms with E-state index in [9.17, 15) is 4.79 Å². The Labute approximate surface area is 124 Å². The molecular weight excluding hydrogens is 290 g/mol. The first-order valence-corrected chi connectivity index (χ1v) is 8.20. The van der Waals surface area contributed by atoms with Gasteiger partial charge in [0.15, 0.2) is 16.6 Å². The number of hydrogen-bond acceptors (Lipinski definition) is 5. The van der Waals surface area contributed by atoms with Crippen LogP contribution in [-0.4, -0.2) is 26.1 Å². The normalized spacial score (nSPS) is 11.0. The van der Waals surface area contributed by atoms with Gasteiger partial charge in [-0.25, -0.2) is 0 Å². The molecule has 0 atom stereocenters. The summed E-state index contributed by atoms with van der Waals surface area (Å²) < 4.78 is 1.96. The number of fused-ring (bicyclic) bond motifs is 1. The van der Waals surface area contributed by atoms with Crippen LogP contribution in [0, 0.1) is 0 Å². The lowest BCUT2D eigenvalue weighted by atomic mass is 10.2. The van der Waals surface area contributed by atoms with Crippen LogP contribution in [0.4, 0.5) is 0 Å². The predicted molar refractivity (Wildman–Crippen MR) is 81.6 cm³/mol. The molecule has 0 aliphatic heterocycles. The summed E-state index contributed by atoms with van der Waals surface area (Å²) in [5.41, 5.74) is 0.852. The van der Waals surface area contributed by atoms with Gasteiger partial charge in [-0.3, -0.25) is 9.20 Å². The molecular formula is C14H13N3OS2. The monoisotopic (exact) mass is 303 g/mol. The zero-order valence-electron chi connectivity index (χ0n) is 10.7. The maximum atomic E-state index is 11.8. The lowest BCUT2D eigenvalue weighted by molar-refractivity contribution is 0.0986. The summed E-state index contributed by atoms with van der Waals surface area (Å²) in [5.74, 6) is 1.10. The Morgan fingerprint density at radius 1 is 1.25 bits per heavy atom. The third-order valence-electron chi connectivity index (χ3n) is 2.86. The minimum absolute atomic E-state index is 0.228. The van der Waals surface area contributed by atoms with Crippen molar-refractivity contribution >= 4 is 34.5 Å². The van der Waals surface area contributed by atoms with Crippen molar-refractivity contribution in [2.24, 2.45) is 0 Å². The summed E-state index contributed by atoms with van der Waals surface area (Å²) in [4.78, 5) is 12.7. The van der Waals surface area contributed by atoms with Crippen molar-refractivity contribution in [3.05, 3.63) is 46.8 Å². The van der Waals surface area contributed by atoms with E-state index in [1.54, 1.807) is 11.8 Å². The molecule has 0 aromatic carbocycles. The van der Waals surface area contributed by atoms with E-state index in [4.69, 9.17) is 0 Å². The zero-order valence-corrected chi connectivity index (χ0v) is 12.4. The first kappa shape index (κ1) is 13.3. The fraction of sp³-hybridized carbons (Fsp3) is 0.214. The molecule has 3 aromatic rings. The fourth-order valence-electron chi connectivity index (χ4n) is 1.87. The predicted octanol–water partition coefficient (Wildman–Crippen LogP) is 3.55. The average Bonchev–Trinajstić information content (AvgIpc) is 3.13.